The highest BCUT2D eigenvalue weighted by atomic mass is 79.9. The molecule has 0 bridgehead atoms. The van der Waals surface area contributed by atoms with Crippen LogP contribution >= 0.6 is 27.3 Å². The van der Waals surface area contributed by atoms with Crippen molar-refractivity contribution in [2.45, 2.75) is 30.7 Å². The van der Waals surface area contributed by atoms with Gasteiger partial charge in [-0.05, 0) is 34.8 Å². The Morgan fingerprint density at radius 3 is 2.75 bits per heavy atom. The number of carbonyl (C=O) groups is 1. The molecule has 1 rings (SSSR count). The molecular formula is C11H16BrNO5S2. The van der Waals surface area contributed by atoms with E-state index in [1.54, 1.807) is 0 Å². The Balaban J connectivity index is 3.03. The second kappa shape index (κ2) is 7.51. The quantitative estimate of drug-likeness (QED) is 0.697. The van der Waals surface area contributed by atoms with E-state index in [9.17, 15) is 13.2 Å². The number of esters is 1. The van der Waals surface area contributed by atoms with Gasteiger partial charge in [0.05, 0.1) is 10.9 Å². The Morgan fingerprint density at radius 2 is 2.25 bits per heavy atom. The predicted octanol–water partition coefficient (Wildman–Crippen LogP) is 1.74. The molecule has 114 valence electrons. The summed E-state index contributed by atoms with van der Waals surface area (Å²) in [4.78, 5) is 11.6. The van der Waals surface area contributed by atoms with E-state index in [1.165, 1.54) is 13.2 Å². The Hall–Kier alpha value is -0.480. The zero-order valence-corrected chi connectivity index (χ0v) is 14.3. The number of aliphatic hydroxyl groups is 1. The fourth-order valence-corrected chi connectivity index (χ4v) is 5.36. The first-order valence-corrected chi connectivity index (χ1v) is 8.95. The Labute approximate surface area is 130 Å². The minimum absolute atomic E-state index is 0.000658. The predicted molar refractivity (Wildman–Crippen MR) is 79.5 cm³/mol. The maximum Gasteiger partial charge on any atom is 0.348 e. The van der Waals surface area contributed by atoms with Crippen LogP contribution < -0.4 is 4.72 Å². The highest BCUT2D eigenvalue weighted by Crippen LogP contribution is 2.32. The van der Waals surface area contributed by atoms with E-state index in [4.69, 9.17) is 5.11 Å². The third-order valence-electron chi connectivity index (χ3n) is 2.62. The number of rotatable bonds is 7. The standard InChI is InChI=1S/C11H16BrNO5S2/c1-3-7(4-5-14)13-20(16,17)9-6-8(11(15)18-2)19-10(9)12/h6-7,13-14H,3-5H2,1-2H3. The van der Waals surface area contributed by atoms with Crippen LogP contribution in [0.3, 0.4) is 0 Å². The van der Waals surface area contributed by atoms with Gasteiger partial charge in [-0.2, -0.15) is 0 Å². The number of carbonyl (C=O) groups excluding carboxylic acids is 1. The molecule has 0 aliphatic carbocycles. The van der Waals surface area contributed by atoms with Gasteiger partial charge < -0.3 is 9.84 Å². The van der Waals surface area contributed by atoms with Gasteiger partial charge in [-0.1, -0.05) is 6.92 Å². The molecule has 1 aromatic heterocycles. The fourth-order valence-electron chi connectivity index (χ4n) is 1.52. The van der Waals surface area contributed by atoms with Crippen molar-refractivity contribution in [1.29, 1.82) is 0 Å². The van der Waals surface area contributed by atoms with Crippen molar-refractivity contribution in [3.8, 4) is 0 Å². The van der Waals surface area contributed by atoms with Crippen molar-refractivity contribution >= 4 is 43.3 Å². The van der Waals surface area contributed by atoms with Crippen LogP contribution in [0.2, 0.25) is 0 Å². The summed E-state index contributed by atoms with van der Waals surface area (Å²) in [5.74, 6) is -0.584. The highest BCUT2D eigenvalue weighted by molar-refractivity contribution is 9.11. The van der Waals surface area contributed by atoms with Gasteiger partial charge in [0.15, 0.2) is 0 Å². The molecule has 0 saturated carbocycles. The fraction of sp³-hybridized carbons (Fsp3) is 0.545. The molecule has 0 aromatic carbocycles. The number of nitrogens with one attached hydrogen (secondary N) is 1. The molecule has 20 heavy (non-hydrogen) atoms. The number of sulfonamides is 1. The molecule has 0 saturated heterocycles. The molecule has 9 heteroatoms. The summed E-state index contributed by atoms with van der Waals surface area (Å²) < 4.78 is 31.9. The van der Waals surface area contributed by atoms with Gasteiger partial charge in [0, 0.05) is 12.6 Å². The van der Waals surface area contributed by atoms with Crippen LogP contribution in [-0.2, 0) is 14.8 Å². The van der Waals surface area contributed by atoms with E-state index in [-0.39, 0.29) is 22.4 Å². The minimum atomic E-state index is -3.75. The molecule has 2 N–H and O–H groups in total. The van der Waals surface area contributed by atoms with Crippen molar-refractivity contribution < 1.29 is 23.1 Å². The molecule has 6 nitrogen and oxygen atoms in total. The number of thiophene rings is 1. The van der Waals surface area contributed by atoms with Gasteiger partial charge in [-0.25, -0.2) is 17.9 Å². The largest absolute Gasteiger partial charge is 0.465 e. The van der Waals surface area contributed by atoms with Gasteiger partial charge in [0.25, 0.3) is 0 Å². The molecule has 1 heterocycles. The SMILES string of the molecule is CCC(CCO)NS(=O)(=O)c1cc(C(=O)OC)sc1Br. The van der Waals surface area contributed by atoms with E-state index in [0.717, 1.165) is 11.3 Å². The van der Waals surface area contributed by atoms with E-state index in [2.05, 4.69) is 25.4 Å². The Morgan fingerprint density at radius 1 is 1.60 bits per heavy atom. The number of halogens is 1. The summed E-state index contributed by atoms with van der Waals surface area (Å²) in [6.45, 7) is 1.73. The zero-order chi connectivity index (χ0) is 15.3. The van der Waals surface area contributed by atoms with E-state index in [0.29, 0.717) is 16.6 Å². The summed E-state index contributed by atoms with van der Waals surface area (Å²) in [5, 5.41) is 8.90. The lowest BCUT2D eigenvalue weighted by atomic mass is 10.2. The third-order valence-corrected chi connectivity index (χ3v) is 6.38. The van der Waals surface area contributed by atoms with Crippen molar-refractivity contribution in [2.75, 3.05) is 13.7 Å². The van der Waals surface area contributed by atoms with E-state index >= 15 is 0 Å². The lowest BCUT2D eigenvalue weighted by Gasteiger charge is -2.15. The smallest absolute Gasteiger partial charge is 0.348 e. The second-order valence-corrected chi connectivity index (χ2v) is 8.03. The lowest BCUT2D eigenvalue weighted by molar-refractivity contribution is 0.0606. The Bertz CT molecular complexity index is 569. The molecule has 0 fully saturated rings. The number of aliphatic hydroxyl groups excluding tert-OH is 1. The molecule has 0 spiro atoms. The average molecular weight is 386 g/mol. The zero-order valence-electron chi connectivity index (χ0n) is 11.1. The number of hydrogen-bond acceptors (Lipinski definition) is 6. The van der Waals surface area contributed by atoms with E-state index in [1.807, 2.05) is 6.92 Å². The van der Waals surface area contributed by atoms with Gasteiger partial charge in [-0.3, -0.25) is 0 Å². The monoisotopic (exact) mass is 385 g/mol. The molecule has 1 aromatic rings. The van der Waals surface area contributed by atoms with E-state index < -0.39 is 16.0 Å². The van der Waals surface area contributed by atoms with Crippen LogP contribution in [0.4, 0.5) is 0 Å². The minimum Gasteiger partial charge on any atom is -0.465 e. The van der Waals surface area contributed by atoms with Crippen LogP contribution in [0, 0.1) is 0 Å². The maximum atomic E-state index is 12.3. The summed E-state index contributed by atoms with van der Waals surface area (Å²) in [6.07, 6.45) is 0.896. The van der Waals surface area contributed by atoms with Gasteiger partial charge in [-0.15, -0.1) is 11.3 Å². The topological polar surface area (TPSA) is 92.7 Å². The third kappa shape index (κ3) is 4.26. The molecule has 0 aliphatic rings. The Kier molecular flexibility index (Phi) is 6.59. The lowest BCUT2D eigenvalue weighted by Crippen LogP contribution is -2.35. The normalized spacial score (nSPS) is 13.2. The number of hydrogen-bond donors (Lipinski definition) is 2. The molecule has 1 atom stereocenters. The van der Waals surface area contributed by atoms with Crippen molar-refractivity contribution in [3.63, 3.8) is 0 Å². The van der Waals surface area contributed by atoms with Crippen LogP contribution in [-0.4, -0.2) is 39.3 Å². The first-order chi connectivity index (χ1) is 9.35. The average Bonchev–Trinajstić information content (AvgIpc) is 2.80. The van der Waals surface area contributed by atoms with Gasteiger partial charge >= 0.3 is 5.97 Å². The highest BCUT2D eigenvalue weighted by Gasteiger charge is 2.25. The number of methoxy groups -OCH3 is 1. The summed E-state index contributed by atoms with van der Waals surface area (Å²) in [5.41, 5.74) is 0. The number of ether oxygens (including phenoxy) is 1. The van der Waals surface area contributed by atoms with Crippen LogP contribution in [0.25, 0.3) is 0 Å². The summed E-state index contributed by atoms with van der Waals surface area (Å²) in [7, 11) is -2.52. The van der Waals surface area contributed by atoms with Crippen LogP contribution in [0.1, 0.15) is 29.4 Å². The van der Waals surface area contributed by atoms with Crippen LogP contribution in [0.15, 0.2) is 14.7 Å². The molecular weight excluding hydrogens is 370 g/mol. The van der Waals surface area contributed by atoms with Gasteiger partial charge in [0.2, 0.25) is 10.0 Å². The first kappa shape index (κ1) is 17.6. The van der Waals surface area contributed by atoms with Crippen molar-refractivity contribution in [2.24, 2.45) is 0 Å². The van der Waals surface area contributed by atoms with Gasteiger partial charge in [0.1, 0.15) is 9.77 Å². The van der Waals surface area contributed by atoms with Crippen molar-refractivity contribution in [1.82, 2.24) is 4.72 Å². The molecule has 0 radical (unpaired) electrons. The molecule has 1 unspecified atom stereocenters. The maximum absolute atomic E-state index is 12.3. The van der Waals surface area contributed by atoms with Crippen molar-refractivity contribution in [3.05, 3.63) is 14.7 Å². The second-order valence-electron chi connectivity index (χ2n) is 3.98. The molecule has 0 aliphatic heterocycles. The summed E-state index contributed by atoms with van der Waals surface area (Å²) in [6, 6.07) is 0.924. The van der Waals surface area contributed by atoms with Crippen LogP contribution in [0.5, 0.6) is 0 Å². The first-order valence-electron chi connectivity index (χ1n) is 5.86. The summed E-state index contributed by atoms with van der Waals surface area (Å²) >= 11 is 4.14. The molecule has 0 amide bonds.